The van der Waals surface area contributed by atoms with Crippen LogP contribution < -0.4 is 27.8 Å². The molecule has 0 bridgehead atoms. The summed E-state index contributed by atoms with van der Waals surface area (Å²) in [6.45, 7) is 6.06. The first-order valence-corrected chi connectivity index (χ1v) is 16.7. The number of unbranched alkanes of at least 4 members (excludes halogenated alkanes) is 2. The van der Waals surface area contributed by atoms with Crippen molar-refractivity contribution < 1.29 is 4.79 Å². The van der Waals surface area contributed by atoms with Gasteiger partial charge in [-0.3, -0.25) is 14.6 Å². The van der Waals surface area contributed by atoms with Crippen molar-refractivity contribution in [3.05, 3.63) is 0 Å². The summed E-state index contributed by atoms with van der Waals surface area (Å²) < 4.78 is 0. The Labute approximate surface area is 241 Å². The zero-order valence-corrected chi connectivity index (χ0v) is 25.1. The summed E-state index contributed by atoms with van der Waals surface area (Å²) in [5.41, 5.74) is 19.4. The van der Waals surface area contributed by atoms with Crippen molar-refractivity contribution >= 4 is 17.5 Å². The van der Waals surface area contributed by atoms with E-state index in [2.05, 4.69) is 27.4 Å². The largest absolute Gasteiger partial charge is 0.350 e. The average molecular weight is 566 g/mol. The van der Waals surface area contributed by atoms with Gasteiger partial charge in [0.05, 0.1) is 18.1 Å². The summed E-state index contributed by atoms with van der Waals surface area (Å²) in [6, 6.07) is 0.944. The number of nitrogens with one attached hydrogen (secondary N) is 2. The predicted molar refractivity (Wildman–Crippen MR) is 159 cm³/mol. The molecule has 5 rings (SSSR count). The topological polar surface area (TPSA) is 125 Å². The van der Waals surface area contributed by atoms with Crippen LogP contribution >= 0.6 is 11.6 Å². The number of carbonyl (C=O) groups excluding carboxylic acids is 1. The van der Waals surface area contributed by atoms with Crippen molar-refractivity contribution in [2.24, 2.45) is 29.0 Å². The highest BCUT2D eigenvalue weighted by atomic mass is 35.5. The van der Waals surface area contributed by atoms with Gasteiger partial charge >= 0.3 is 0 Å². The Kier molecular flexibility index (Phi) is 10.2. The van der Waals surface area contributed by atoms with E-state index in [1.807, 2.05) is 0 Å². The Morgan fingerprint density at radius 1 is 1.08 bits per heavy atom. The molecule has 0 spiro atoms. The molecular weight excluding hydrogens is 510 g/mol. The Balaban J connectivity index is 1.37. The van der Waals surface area contributed by atoms with Crippen LogP contribution in [-0.4, -0.2) is 89.2 Å². The highest BCUT2D eigenvalue weighted by Gasteiger charge is 2.67. The number of nitrogens with two attached hydrogens (primary N) is 3. The number of likely N-dealkylation sites (tertiary alicyclic amines) is 1. The van der Waals surface area contributed by atoms with Gasteiger partial charge in [0, 0.05) is 48.2 Å². The Hall–Kier alpha value is -0.480. The number of fused-ring (bicyclic) bond motifs is 1. The third-order valence-electron chi connectivity index (χ3n) is 11.0. The van der Waals surface area contributed by atoms with Crippen LogP contribution in [-0.2, 0) is 4.79 Å². The van der Waals surface area contributed by atoms with Gasteiger partial charge in [-0.1, -0.05) is 45.4 Å². The third kappa shape index (κ3) is 6.47. The molecule has 5 fully saturated rings. The molecule has 8 N–H and O–H groups in total. The van der Waals surface area contributed by atoms with Gasteiger partial charge in [0.25, 0.3) is 0 Å². The molecule has 1 amide bonds. The van der Waals surface area contributed by atoms with Crippen molar-refractivity contribution in [1.29, 1.82) is 0 Å². The zero-order valence-electron chi connectivity index (χ0n) is 24.3. The van der Waals surface area contributed by atoms with Crippen molar-refractivity contribution in [3.8, 4) is 0 Å². The van der Waals surface area contributed by atoms with E-state index in [0.717, 1.165) is 64.7 Å². The lowest BCUT2D eigenvalue weighted by Crippen LogP contribution is -2.69. The molecule has 39 heavy (non-hydrogen) atoms. The van der Waals surface area contributed by atoms with Crippen LogP contribution in [0.5, 0.6) is 0 Å². The molecule has 4 saturated heterocycles. The highest BCUT2D eigenvalue weighted by molar-refractivity contribution is 6.20. The number of piperidine rings is 3. The SMILES string of the molecule is CCCCCC12CCC(Cl)CN1C2C(C(=O)NC1C(C2CCCCC2)NCCC1N1CCCC(N)C1)C(N)N. The van der Waals surface area contributed by atoms with Crippen LogP contribution in [0.25, 0.3) is 0 Å². The van der Waals surface area contributed by atoms with Crippen molar-refractivity contribution in [2.75, 3.05) is 26.2 Å². The second kappa shape index (κ2) is 13.2. The summed E-state index contributed by atoms with van der Waals surface area (Å²) in [5, 5.41) is 7.64. The maximum atomic E-state index is 14.4. The molecule has 0 radical (unpaired) electrons. The standard InChI is InChI=1S/C30H56ClN7O/c1-2-3-7-14-30-15-12-21(31)18-38(30)27(30)24(28(33)34)29(39)36-26-23(37-17-8-11-22(32)19-37)13-16-35-25(26)20-9-5-4-6-10-20/h20-28,35H,2-19,32-34H2,1H3,(H,36,39). The van der Waals surface area contributed by atoms with E-state index in [1.165, 1.54) is 51.4 Å². The van der Waals surface area contributed by atoms with Gasteiger partial charge in [0.2, 0.25) is 5.91 Å². The van der Waals surface area contributed by atoms with Gasteiger partial charge < -0.3 is 27.8 Å². The highest BCUT2D eigenvalue weighted by Crippen LogP contribution is 2.55. The third-order valence-corrected chi connectivity index (χ3v) is 11.3. The molecule has 4 heterocycles. The van der Waals surface area contributed by atoms with Crippen LogP contribution in [0, 0.1) is 11.8 Å². The van der Waals surface area contributed by atoms with Gasteiger partial charge in [-0.15, -0.1) is 11.6 Å². The molecular formula is C30H56ClN7O. The summed E-state index contributed by atoms with van der Waals surface area (Å²) in [7, 11) is 0. The van der Waals surface area contributed by atoms with E-state index in [-0.39, 0.29) is 41.0 Å². The fourth-order valence-electron chi connectivity index (χ4n) is 9.01. The lowest BCUT2D eigenvalue weighted by molar-refractivity contribution is -0.128. The fourth-order valence-corrected chi connectivity index (χ4v) is 9.27. The van der Waals surface area contributed by atoms with E-state index < -0.39 is 12.1 Å². The Bertz CT molecular complexity index is 810. The number of alkyl halides is 1. The van der Waals surface area contributed by atoms with E-state index in [4.69, 9.17) is 28.8 Å². The predicted octanol–water partition coefficient (Wildman–Crippen LogP) is 2.47. The number of amides is 1. The summed E-state index contributed by atoms with van der Waals surface area (Å²) >= 11 is 6.64. The number of rotatable bonds is 10. The molecule has 9 unspecified atom stereocenters. The Morgan fingerprint density at radius 2 is 1.87 bits per heavy atom. The maximum Gasteiger partial charge on any atom is 0.228 e. The van der Waals surface area contributed by atoms with E-state index in [9.17, 15) is 4.79 Å². The summed E-state index contributed by atoms with van der Waals surface area (Å²) in [5.74, 6) is 0.220. The summed E-state index contributed by atoms with van der Waals surface area (Å²) in [6.07, 6.45) is 15.7. The fraction of sp³-hybridized carbons (Fsp3) is 0.967. The van der Waals surface area contributed by atoms with Crippen LogP contribution in [0.1, 0.15) is 96.8 Å². The second-order valence-electron chi connectivity index (χ2n) is 13.6. The van der Waals surface area contributed by atoms with Gasteiger partial charge in [-0.2, -0.15) is 0 Å². The zero-order chi connectivity index (χ0) is 27.6. The van der Waals surface area contributed by atoms with Crippen LogP contribution in [0.2, 0.25) is 0 Å². The number of hydrogen-bond acceptors (Lipinski definition) is 7. The molecule has 1 aliphatic carbocycles. The smallest absolute Gasteiger partial charge is 0.228 e. The van der Waals surface area contributed by atoms with Gasteiger partial charge in [0.15, 0.2) is 0 Å². The molecule has 0 aromatic carbocycles. The molecule has 224 valence electrons. The van der Waals surface area contributed by atoms with E-state index in [1.54, 1.807) is 0 Å². The van der Waals surface area contributed by atoms with Crippen LogP contribution in [0.15, 0.2) is 0 Å². The first kappa shape index (κ1) is 30.0. The molecule has 9 heteroatoms. The number of carbonyl (C=O) groups is 1. The molecule has 8 nitrogen and oxygen atoms in total. The van der Waals surface area contributed by atoms with Gasteiger partial charge in [-0.05, 0) is 70.4 Å². The maximum absolute atomic E-state index is 14.4. The molecule has 4 aliphatic heterocycles. The van der Waals surface area contributed by atoms with E-state index >= 15 is 0 Å². The van der Waals surface area contributed by atoms with Crippen molar-refractivity contribution in [2.45, 2.75) is 144 Å². The van der Waals surface area contributed by atoms with Gasteiger partial charge in [-0.25, -0.2) is 0 Å². The quantitative estimate of drug-likeness (QED) is 0.119. The monoisotopic (exact) mass is 565 g/mol. The second-order valence-corrected chi connectivity index (χ2v) is 14.2. The van der Waals surface area contributed by atoms with Crippen molar-refractivity contribution in [1.82, 2.24) is 20.4 Å². The number of nitrogens with zero attached hydrogens (tertiary/aromatic N) is 2. The van der Waals surface area contributed by atoms with Crippen molar-refractivity contribution in [3.63, 3.8) is 0 Å². The minimum absolute atomic E-state index is 0.0339. The molecule has 0 aromatic heterocycles. The first-order chi connectivity index (χ1) is 18.9. The summed E-state index contributed by atoms with van der Waals surface area (Å²) in [4.78, 5) is 19.4. The Morgan fingerprint density at radius 3 is 2.59 bits per heavy atom. The van der Waals surface area contributed by atoms with Crippen LogP contribution in [0.4, 0.5) is 0 Å². The molecule has 0 aromatic rings. The molecule has 1 saturated carbocycles. The minimum atomic E-state index is -0.691. The first-order valence-electron chi connectivity index (χ1n) is 16.3. The molecule has 9 atom stereocenters. The van der Waals surface area contributed by atoms with Crippen LogP contribution in [0.3, 0.4) is 0 Å². The van der Waals surface area contributed by atoms with E-state index in [0.29, 0.717) is 12.0 Å². The minimum Gasteiger partial charge on any atom is -0.350 e. The lowest BCUT2D eigenvalue weighted by atomic mass is 9.76. The molecule has 5 aliphatic rings. The van der Waals surface area contributed by atoms with Gasteiger partial charge in [0.1, 0.15) is 0 Å². The lowest BCUT2D eigenvalue weighted by Gasteiger charge is -2.49. The number of halogens is 1. The number of hydrogen-bond donors (Lipinski definition) is 5. The average Bonchev–Trinajstić information content (AvgIpc) is 3.55. The normalized spacial score (nSPS) is 40.7.